The van der Waals surface area contributed by atoms with Gasteiger partial charge in [0.2, 0.25) is 11.8 Å². The summed E-state index contributed by atoms with van der Waals surface area (Å²) >= 11 is 0. The van der Waals surface area contributed by atoms with Gasteiger partial charge < -0.3 is 10.2 Å². The van der Waals surface area contributed by atoms with E-state index in [1.54, 1.807) is 0 Å². The van der Waals surface area contributed by atoms with Crippen molar-refractivity contribution >= 4 is 23.2 Å². The Bertz CT molecular complexity index is 778. The van der Waals surface area contributed by atoms with Gasteiger partial charge >= 0.3 is 0 Å². The summed E-state index contributed by atoms with van der Waals surface area (Å²) < 4.78 is 0. The van der Waals surface area contributed by atoms with Crippen molar-refractivity contribution in [1.29, 1.82) is 0 Å². The molecule has 4 fully saturated rings. The molecule has 0 spiro atoms. The predicted octanol–water partition coefficient (Wildman–Crippen LogP) is 4.78. The third-order valence-electron chi connectivity index (χ3n) is 7.74. The molecule has 1 aliphatic heterocycles. The maximum absolute atomic E-state index is 13.3. The van der Waals surface area contributed by atoms with Crippen molar-refractivity contribution in [3.8, 4) is 0 Å². The second-order valence-electron chi connectivity index (χ2n) is 10.2. The van der Waals surface area contributed by atoms with Crippen molar-refractivity contribution in [3.63, 3.8) is 0 Å². The zero-order valence-electron chi connectivity index (χ0n) is 17.2. The van der Waals surface area contributed by atoms with E-state index in [0.717, 1.165) is 67.8 Å². The summed E-state index contributed by atoms with van der Waals surface area (Å²) in [4.78, 5) is 27.8. The van der Waals surface area contributed by atoms with Crippen LogP contribution in [0.15, 0.2) is 18.2 Å². The quantitative estimate of drug-likeness (QED) is 0.821. The summed E-state index contributed by atoms with van der Waals surface area (Å²) in [5.41, 5.74) is 2.99. The summed E-state index contributed by atoms with van der Waals surface area (Å²) in [7, 11) is 0. The third-order valence-corrected chi connectivity index (χ3v) is 7.74. The first-order valence-corrected chi connectivity index (χ1v) is 11.2. The van der Waals surface area contributed by atoms with Gasteiger partial charge in [-0.25, -0.2) is 0 Å². The molecule has 150 valence electrons. The first-order valence-electron chi connectivity index (χ1n) is 11.2. The highest BCUT2D eigenvalue weighted by molar-refractivity contribution is 5.98. The predicted molar refractivity (Wildman–Crippen MR) is 111 cm³/mol. The van der Waals surface area contributed by atoms with Gasteiger partial charge in [-0.15, -0.1) is 0 Å². The molecule has 0 atom stereocenters. The average molecular weight is 381 g/mol. The van der Waals surface area contributed by atoms with Crippen LogP contribution in [0.3, 0.4) is 0 Å². The molecule has 5 aliphatic rings. The number of nitrogens with zero attached hydrogens (tertiary/aromatic N) is 1. The van der Waals surface area contributed by atoms with Gasteiger partial charge in [-0.1, -0.05) is 13.8 Å². The van der Waals surface area contributed by atoms with Gasteiger partial charge in [-0.2, -0.15) is 0 Å². The van der Waals surface area contributed by atoms with Crippen LogP contribution in [0.2, 0.25) is 0 Å². The second kappa shape index (κ2) is 6.60. The highest BCUT2D eigenvalue weighted by atomic mass is 16.2. The first-order chi connectivity index (χ1) is 13.4. The topological polar surface area (TPSA) is 49.4 Å². The number of benzene rings is 1. The van der Waals surface area contributed by atoms with Gasteiger partial charge in [-0.3, -0.25) is 9.59 Å². The monoisotopic (exact) mass is 380 g/mol. The Kier molecular flexibility index (Phi) is 4.29. The van der Waals surface area contributed by atoms with E-state index < -0.39 is 0 Å². The number of fused-ring (bicyclic) bond motifs is 1. The largest absolute Gasteiger partial charge is 0.326 e. The fourth-order valence-corrected chi connectivity index (χ4v) is 6.87. The zero-order valence-corrected chi connectivity index (χ0v) is 17.2. The lowest BCUT2D eigenvalue weighted by Crippen LogP contribution is -2.51. The fourth-order valence-electron chi connectivity index (χ4n) is 6.87. The summed E-state index contributed by atoms with van der Waals surface area (Å²) in [5, 5.41) is 3.27. The van der Waals surface area contributed by atoms with Crippen molar-refractivity contribution in [2.75, 3.05) is 16.8 Å². The van der Waals surface area contributed by atoms with Crippen molar-refractivity contribution in [2.24, 2.45) is 29.1 Å². The number of amides is 2. The first kappa shape index (κ1) is 18.2. The molecule has 4 aliphatic carbocycles. The summed E-state index contributed by atoms with van der Waals surface area (Å²) in [6.45, 7) is 4.70. The lowest BCUT2D eigenvalue weighted by molar-refractivity contribution is -0.140. The number of hydrogen-bond donors (Lipinski definition) is 1. The standard InChI is InChI=1S/C24H32N2O2/c1-15(2)22(27)26-7-3-4-19-11-20(5-6-21(19)26)25-23(28)24-12-16-8-17(13-24)10-18(9-16)14-24/h5-6,11,15-18H,3-4,7-10,12-14H2,1-2H3,(H,25,28). The maximum atomic E-state index is 13.3. The Morgan fingerprint density at radius 2 is 1.71 bits per heavy atom. The molecule has 0 unspecified atom stereocenters. The van der Waals surface area contributed by atoms with Crippen molar-refractivity contribution in [1.82, 2.24) is 0 Å². The van der Waals surface area contributed by atoms with Gasteiger partial charge in [0, 0.05) is 23.8 Å². The minimum absolute atomic E-state index is 0.00131. The number of aryl methyl sites for hydroxylation is 1. The number of nitrogens with one attached hydrogen (secondary N) is 1. The Morgan fingerprint density at radius 1 is 1.07 bits per heavy atom. The Balaban J connectivity index is 1.35. The maximum Gasteiger partial charge on any atom is 0.230 e. The van der Waals surface area contributed by atoms with E-state index in [0.29, 0.717) is 0 Å². The van der Waals surface area contributed by atoms with E-state index in [1.807, 2.05) is 30.9 Å². The van der Waals surface area contributed by atoms with Crippen molar-refractivity contribution < 1.29 is 9.59 Å². The second-order valence-corrected chi connectivity index (χ2v) is 10.2. The Labute approximate surface area is 168 Å². The van der Waals surface area contributed by atoms with Gasteiger partial charge in [0.15, 0.2) is 0 Å². The van der Waals surface area contributed by atoms with Crippen LogP contribution in [0.4, 0.5) is 11.4 Å². The minimum atomic E-state index is -0.121. The molecule has 0 aromatic heterocycles. The smallest absolute Gasteiger partial charge is 0.230 e. The molecule has 4 bridgehead atoms. The molecule has 4 saturated carbocycles. The molecule has 4 heteroatoms. The van der Waals surface area contributed by atoms with Gasteiger partial charge in [0.25, 0.3) is 0 Å². The molecular weight excluding hydrogens is 348 g/mol. The molecule has 2 amide bonds. The van der Waals surface area contributed by atoms with Crippen LogP contribution in [-0.4, -0.2) is 18.4 Å². The van der Waals surface area contributed by atoms with Gasteiger partial charge in [-0.05, 0) is 92.9 Å². The zero-order chi connectivity index (χ0) is 19.5. The van der Waals surface area contributed by atoms with Crippen LogP contribution in [0, 0.1) is 29.1 Å². The van der Waals surface area contributed by atoms with E-state index in [4.69, 9.17) is 0 Å². The summed E-state index contributed by atoms with van der Waals surface area (Å²) in [6, 6.07) is 6.13. The van der Waals surface area contributed by atoms with Crippen molar-refractivity contribution in [3.05, 3.63) is 23.8 Å². The van der Waals surface area contributed by atoms with Crippen molar-refractivity contribution in [2.45, 2.75) is 65.2 Å². The third kappa shape index (κ3) is 2.96. The molecular formula is C24H32N2O2. The number of carbonyl (C=O) groups excluding carboxylic acids is 2. The summed E-state index contributed by atoms with van der Waals surface area (Å²) in [6.07, 6.45) is 9.28. The van der Waals surface area contributed by atoms with E-state index in [1.165, 1.54) is 24.8 Å². The summed E-state index contributed by atoms with van der Waals surface area (Å²) in [5.74, 6) is 2.76. The van der Waals surface area contributed by atoms with Crippen LogP contribution in [0.1, 0.15) is 64.4 Å². The number of rotatable bonds is 3. The van der Waals surface area contributed by atoms with Crippen LogP contribution < -0.4 is 10.2 Å². The van der Waals surface area contributed by atoms with E-state index >= 15 is 0 Å². The lowest BCUT2D eigenvalue weighted by Gasteiger charge is -2.55. The van der Waals surface area contributed by atoms with Crippen LogP contribution in [-0.2, 0) is 16.0 Å². The Morgan fingerprint density at radius 3 is 2.32 bits per heavy atom. The van der Waals surface area contributed by atoms with E-state index in [2.05, 4.69) is 11.4 Å². The van der Waals surface area contributed by atoms with Crippen LogP contribution >= 0.6 is 0 Å². The molecule has 0 radical (unpaired) electrons. The molecule has 6 rings (SSSR count). The number of carbonyl (C=O) groups is 2. The highest BCUT2D eigenvalue weighted by Crippen LogP contribution is 2.60. The fraction of sp³-hybridized carbons (Fsp3) is 0.667. The average Bonchev–Trinajstić information content (AvgIpc) is 2.65. The van der Waals surface area contributed by atoms with Crippen LogP contribution in [0.5, 0.6) is 0 Å². The molecule has 0 saturated heterocycles. The minimum Gasteiger partial charge on any atom is -0.326 e. The molecule has 1 heterocycles. The SMILES string of the molecule is CC(C)C(=O)N1CCCc2cc(NC(=O)C34CC5CC(CC(C5)C3)C4)ccc21. The van der Waals surface area contributed by atoms with E-state index in [-0.39, 0.29) is 23.1 Å². The van der Waals surface area contributed by atoms with Gasteiger partial charge in [0.05, 0.1) is 5.41 Å². The normalized spacial score (nSPS) is 33.1. The number of anilines is 2. The highest BCUT2D eigenvalue weighted by Gasteiger charge is 2.54. The lowest BCUT2D eigenvalue weighted by atomic mass is 9.49. The van der Waals surface area contributed by atoms with Gasteiger partial charge in [0.1, 0.15) is 0 Å². The molecule has 4 nitrogen and oxygen atoms in total. The molecule has 28 heavy (non-hydrogen) atoms. The van der Waals surface area contributed by atoms with Crippen LogP contribution in [0.25, 0.3) is 0 Å². The van der Waals surface area contributed by atoms with E-state index in [9.17, 15) is 9.59 Å². The molecule has 1 aromatic rings. The Hall–Kier alpha value is -1.84. The molecule has 1 aromatic carbocycles. The molecule has 1 N–H and O–H groups in total. The number of hydrogen-bond acceptors (Lipinski definition) is 2.